The van der Waals surface area contributed by atoms with Crippen molar-refractivity contribution in [1.82, 2.24) is 0 Å². The molecule has 0 radical (unpaired) electrons. The maximum Gasteiger partial charge on any atom is 0.339 e. The average molecular weight is 452 g/mol. The summed E-state index contributed by atoms with van der Waals surface area (Å²) in [5.74, 6) is -1.43. The number of hydrogen-bond acceptors (Lipinski definition) is 8. The lowest BCUT2D eigenvalue weighted by molar-refractivity contribution is -0.387. The molecule has 9 nitrogen and oxygen atoms in total. The number of esters is 1. The molecular formula is C22H16N2O7S. The monoisotopic (exact) mass is 452 g/mol. The molecular weight excluding hydrogens is 436 g/mol. The van der Waals surface area contributed by atoms with Crippen LogP contribution in [0, 0.1) is 20.2 Å². The van der Waals surface area contributed by atoms with Crippen LogP contribution in [0.5, 0.6) is 0 Å². The Balaban J connectivity index is 1.88. The highest BCUT2D eigenvalue weighted by Gasteiger charge is 2.23. The topological polar surface area (TPSA) is 130 Å². The van der Waals surface area contributed by atoms with Crippen LogP contribution in [0.1, 0.15) is 31.8 Å². The molecule has 3 aromatic carbocycles. The molecule has 0 heterocycles. The van der Waals surface area contributed by atoms with Crippen LogP contribution < -0.4 is 0 Å². The number of thioether (sulfide) groups is 1. The summed E-state index contributed by atoms with van der Waals surface area (Å²) in [7, 11) is 0. The molecule has 3 aromatic rings. The van der Waals surface area contributed by atoms with E-state index in [0.717, 1.165) is 0 Å². The van der Waals surface area contributed by atoms with Crippen LogP contribution in [0.3, 0.4) is 0 Å². The number of para-hydroxylation sites is 1. The van der Waals surface area contributed by atoms with E-state index >= 15 is 0 Å². The lowest BCUT2D eigenvalue weighted by Crippen LogP contribution is -2.13. The SMILES string of the molecule is CSc1ccc(C(=O)c2ccccc2C(=O)OCc2ccccc2[N+](=O)[O-])cc1[N+](=O)[O-]. The van der Waals surface area contributed by atoms with Gasteiger partial charge in [-0.05, 0) is 30.5 Å². The molecule has 0 aliphatic heterocycles. The first kappa shape index (κ1) is 22.6. The molecule has 162 valence electrons. The maximum absolute atomic E-state index is 13.0. The van der Waals surface area contributed by atoms with E-state index in [-0.39, 0.29) is 40.2 Å². The Morgan fingerprint density at radius 3 is 2.16 bits per heavy atom. The first-order valence-electron chi connectivity index (χ1n) is 9.19. The smallest absolute Gasteiger partial charge is 0.339 e. The van der Waals surface area contributed by atoms with Crippen LogP contribution in [0.15, 0.2) is 71.6 Å². The zero-order valence-corrected chi connectivity index (χ0v) is 17.5. The molecule has 0 aromatic heterocycles. The van der Waals surface area contributed by atoms with Crippen molar-refractivity contribution in [2.75, 3.05) is 6.26 Å². The van der Waals surface area contributed by atoms with E-state index in [1.165, 1.54) is 66.4 Å². The number of ether oxygens (including phenoxy) is 1. The summed E-state index contributed by atoms with van der Waals surface area (Å²) in [5, 5.41) is 22.5. The summed E-state index contributed by atoms with van der Waals surface area (Å²) >= 11 is 1.18. The molecule has 0 atom stereocenters. The average Bonchev–Trinajstić information content (AvgIpc) is 2.81. The van der Waals surface area contributed by atoms with Gasteiger partial charge in [-0.3, -0.25) is 25.0 Å². The fourth-order valence-corrected chi connectivity index (χ4v) is 3.57. The van der Waals surface area contributed by atoms with Gasteiger partial charge in [-0.1, -0.05) is 30.3 Å². The molecule has 0 spiro atoms. The van der Waals surface area contributed by atoms with Crippen molar-refractivity contribution in [3.63, 3.8) is 0 Å². The summed E-state index contributed by atoms with van der Waals surface area (Å²) < 4.78 is 5.22. The first-order valence-corrected chi connectivity index (χ1v) is 10.4. The summed E-state index contributed by atoms with van der Waals surface area (Å²) in [6.07, 6.45) is 1.69. The zero-order chi connectivity index (χ0) is 23.3. The van der Waals surface area contributed by atoms with Crippen LogP contribution in [0.4, 0.5) is 11.4 Å². The van der Waals surface area contributed by atoms with Gasteiger partial charge in [0.25, 0.3) is 11.4 Å². The van der Waals surface area contributed by atoms with E-state index in [4.69, 9.17) is 4.74 Å². The van der Waals surface area contributed by atoms with Crippen molar-refractivity contribution in [2.24, 2.45) is 0 Å². The minimum atomic E-state index is -0.845. The highest BCUT2D eigenvalue weighted by Crippen LogP contribution is 2.29. The van der Waals surface area contributed by atoms with Crippen LogP contribution >= 0.6 is 11.8 Å². The number of nitro benzene ring substituents is 2. The van der Waals surface area contributed by atoms with E-state index in [1.54, 1.807) is 18.4 Å². The number of nitro groups is 2. The van der Waals surface area contributed by atoms with Gasteiger partial charge in [0, 0.05) is 23.3 Å². The van der Waals surface area contributed by atoms with Gasteiger partial charge in [-0.15, -0.1) is 11.8 Å². The van der Waals surface area contributed by atoms with E-state index in [2.05, 4.69) is 0 Å². The lowest BCUT2D eigenvalue weighted by atomic mass is 9.98. The minimum Gasteiger partial charge on any atom is -0.457 e. The largest absolute Gasteiger partial charge is 0.457 e. The number of hydrogen-bond donors (Lipinski definition) is 0. The lowest BCUT2D eigenvalue weighted by Gasteiger charge is -2.10. The quantitative estimate of drug-likeness (QED) is 0.156. The number of carbonyl (C=O) groups excluding carboxylic acids is 2. The van der Waals surface area contributed by atoms with E-state index in [9.17, 15) is 29.8 Å². The molecule has 0 saturated heterocycles. The third kappa shape index (κ3) is 4.81. The number of benzene rings is 3. The molecule has 0 saturated carbocycles. The summed E-state index contributed by atoms with van der Waals surface area (Å²) in [4.78, 5) is 47.4. The maximum atomic E-state index is 13.0. The number of nitrogens with zero attached hydrogens (tertiary/aromatic N) is 2. The molecule has 32 heavy (non-hydrogen) atoms. The van der Waals surface area contributed by atoms with Crippen LogP contribution in [-0.4, -0.2) is 27.9 Å². The molecule has 0 aliphatic carbocycles. The first-order chi connectivity index (χ1) is 15.3. The highest BCUT2D eigenvalue weighted by atomic mass is 32.2. The van der Waals surface area contributed by atoms with Crippen molar-refractivity contribution in [3.05, 3.63) is 109 Å². The molecule has 0 bridgehead atoms. The number of rotatable bonds is 8. The second-order valence-corrected chi connectivity index (χ2v) is 7.33. The molecule has 0 N–H and O–H groups in total. The van der Waals surface area contributed by atoms with Crippen molar-refractivity contribution < 1.29 is 24.2 Å². The van der Waals surface area contributed by atoms with E-state index < -0.39 is 21.6 Å². The Morgan fingerprint density at radius 2 is 1.50 bits per heavy atom. The van der Waals surface area contributed by atoms with Crippen molar-refractivity contribution >= 4 is 34.9 Å². The predicted molar refractivity (Wildman–Crippen MR) is 117 cm³/mol. The van der Waals surface area contributed by atoms with Gasteiger partial charge in [0.1, 0.15) is 6.61 Å². The summed E-state index contributed by atoms with van der Waals surface area (Å²) in [6, 6.07) is 15.8. The van der Waals surface area contributed by atoms with Gasteiger partial charge in [0.15, 0.2) is 5.78 Å². The fourth-order valence-electron chi connectivity index (χ4n) is 3.02. The Bertz CT molecular complexity index is 1230. The summed E-state index contributed by atoms with van der Waals surface area (Å²) in [6.45, 7) is -0.355. The van der Waals surface area contributed by atoms with Gasteiger partial charge in [-0.2, -0.15) is 0 Å². The van der Waals surface area contributed by atoms with Gasteiger partial charge in [0.2, 0.25) is 0 Å². The van der Waals surface area contributed by atoms with Crippen LogP contribution in [0.2, 0.25) is 0 Å². The van der Waals surface area contributed by atoms with Crippen LogP contribution in [-0.2, 0) is 11.3 Å². The van der Waals surface area contributed by atoms with Gasteiger partial charge >= 0.3 is 5.97 Å². The van der Waals surface area contributed by atoms with Crippen LogP contribution in [0.25, 0.3) is 0 Å². The third-order valence-corrected chi connectivity index (χ3v) is 5.36. The number of ketones is 1. The third-order valence-electron chi connectivity index (χ3n) is 4.58. The molecule has 10 heteroatoms. The molecule has 3 rings (SSSR count). The molecule has 0 unspecified atom stereocenters. The standard InChI is InChI=1S/C22H16N2O7S/c1-32-20-11-10-14(12-19(20)24(29)30)21(25)16-7-3-4-8-17(16)22(26)31-13-15-6-2-5-9-18(15)23(27)28/h2-12H,13H2,1H3. The molecule has 0 aliphatic rings. The van der Waals surface area contributed by atoms with Crippen molar-refractivity contribution in [2.45, 2.75) is 11.5 Å². The Kier molecular flexibility index (Phi) is 6.96. The van der Waals surface area contributed by atoms with Gasteiger partial charge < -0.3 is 4.74 Å². The van der Waals surface area contributed by atoms with Crippen molar-refractivity contribution in [1.29, 1.82) is 0 Å². The summed E-state index contributed by atoms with van der Waals surface area (Å²) in [5.41, 5.74) is -0.184. The predicted octanol–water partition coefficient (Wildman–Crippen LogP) is 4.81. The highest BCUT2D eigenvalue weighted by molar-refractivity contribution is 7.98. The molecule has 0 amide bonds. The Morgan fingerprint density at radius 1 is 0.875 bits per heavy atom. The normalized spacial score (nSPS) is 10.4. The van der Waals surface area contributed by atoms with Crippen molar-refractivity contribution in [3.8, 4) is 0 Å². The van der Waals surface area contributed by atoms with Gasteiger partial charge in [-0.25, -0.2) is 4.79 Å². The Labute approximate surface area is 186 Å². The van der Waals surface area contributed by atoms with Gasteiger partial charge in [0.05, 0.1) is 25.9 Å². The fraction of sp³-hybridized carbons (Fsp3) is 0.0909. The number of carbonyl (C=O) groups is 2. The van der Waals surface area contributed by atoms with E-state index in [1.807, 2.05) is 0 Å². The molecule has 0 fully saturated rings. The van der Waals surface area contributed by atoms with E-state index in [0.29, 0.717) is 4.90 Å². The Hall–Kier alpha value is -4.05. The zero-order valence-electron chi connectivity index (χ0n) is 16.7. The minimum absolute atomic E-state index is 0.00580. The second kappa shape index (κ2) is 9.84. The second-order valence-electron chi connectivity index (χ2n) is 6.48.